The summed E-state index contributed by atoms with van der Waals surface area (Å²) < 4.78 is 32.2. The average Bonchev–Trinajstić information content (AvgIpc) is 3.47. The first kappa shape index (κ1) is 20.0. The van der Waals surface area contributed by atoms with Crippen molar-refractivity contribution in [3.05, 3.63) is 53.4 Å². The van der Waals surface area contributed by atoms with Crippen LogP contribution in [0, 0.1) is 11.6 Å². The van der Waals surface area contributed by atoms with E-state index < -0.39 is 11.6 Å². The largest absolute Gasteiger partial charge is 0.353 e. The van der Waals surface area contributed by atoms with E-state index in [1.54, 1.807) is 17.5 Å². The lowest BCUT2D eigenvalue weighted by atomic mass is 10.2. The number of hydrogen-bond donors (Lipinski definition) is 0. The van der Waals surface area contributed by atoms with Gasteiger partial charge in [0, 0.05) is 44.7 Å². The van der Waals surface area contributed by atoms with Crippen molar-refractivity contribution in [2.24, 2.45) is 0 Å². The Morgan fingerprint density at radius 1 is 1.03 bits per heavy atom. The number of thiophene rings is 1. The van der Waals surface area contributed by atoms with Crippen molar-refractivity contribution in [1.82, 2.24) is 25.0 Å². The molecule has 0 amide bonds. The van der Waals surface area contributed by atoms with Crippen LogP contribution >= 0.6 is 11.3 Å². The van der Waals surface area contributed by atoms with E-state index in [9.17, 15) is 8.78 Å². The molecule has 0 unspecified atom stereocenters. The molecule has 0 radical (unpaired) electrons. The third-order valence-electron chi connectivity index (χ3n) is 5.34. The predicted molar refractivity (Wildman–Crippen MR) is 114 cm³/mol. The molecule has 0 aliphatic carbocycles. The molecule has 0 bridgehead atoms. The molecule has 3 aromatic heterocycles. The smallest absolute Gasteiger partial charge is 0.227 e. The van der Waals surface area contributed by atoms with Gasteiger partial charge >= 0.3 is 0 Å². The Kier molecular flexibility index (Phi) is 5.56. The molecule has 0 N–H and O–H groups in total. The number of benzene rings is 1. The van der Waals surface area contributed by atoms with Gasteiger partial charge in [-0.1, -0.05) is 11.2 Å². The number of aromatic nitrogens is 4. The normalized spacial score (nSPS) is 15.1. The molecule has 1 fully saturated rings. The Morgan fingerprint density at radius 2 is 1.84 bits per heavy atom. The van der Waals surface area contributed by atoms with E-state index in [1.807, 2.05) is 17.5 Å². The van der Waals surface area contributed by atoms with E-state index in [4.69, 9.17) is 4.52 Å². The molecule has 5 rings (SSSR count). The van der Waals surface area contributed by atoms with E-state index in [2.05, 4.69) is 29.9 Å². The number of halogens is 2. The van der Waals surface area contributed by atoms with Crippen LogP contribution in [0.1, 0.15) is 12.3 Å². The van der Waals surface area contributed by atoms with Crippen LogP contribution in [0.4, 0.5) is 14.6 Å². The fourth-order valence-electron chi connectivity index (χ4n) is 3.67. The Bertz CT molecular complexity index is 1170. The number of rotatable bonds is 6. The monoisotopic (exact) mass is 442 g/mol. The second-order valence-corrected chi connectivity index (χ2v) is 8.35. The number of nitrogens with zero attached hydrogens (tertiary/aromatic N) is 6. The lowest BCUT2D eigenvalue weighted by Crippen LogP contribution is -2.47. The lowest BCUT2D eigenvalue weighted by molar-refractivity contribution is 0.250. The van der Waals surface area contributed by atoms with E-state index >= 15 is 0 Å². The topological polar surface area (TPSA) is 71.2 Å². The average molecular weight is 442 g/mol. The van der Waals surface area contributed by atoms with Crippen molar-refractivity contribution in [3.63, 3.8) is 0 Å². The zero-order chi connectivity index (χ0) is 21.2. The maximum Gasteiger partial charge on any atom is 0.227 e. The molecule has 1 aliphatic heterocycles. The lowest BCUT2D eigenvalue weighted by Gasteiger charge is -2.35. The van der Waals surface area contributed by atoms with Gasteiger partial charge in [0.15, 0.2) is 11.6 Å². The fourth-order valence-corrected chi connectivity index (χ4v) is 4.32. The Labute approximate surface area is 181 Å². The van der Waals surface area contributed by atoms with Gasteiger partial charge in [0.1, 0.15) is 5.82 Å². The third kappa shape index (κ3) is 4.40. The first-order chi connectivity index (χ1) is 15.2. The summed E-state index contributed by atoms with van der Waals surface area (Å²) in [6.45, 7) is 4.32. The summed E-state index contributed by atoms with van der Waals surface area (Å²) in [7, 11) is 0. The zero-order valence-corrected chi connectivity index (χ0v) is 17.5. The van der Waals surface area contributed by atoms with Crippen LogP contribution < -0.4 is 4.90 Å². The van der Waals surface area contributed by atoms with Crippen LogP contribution in [0.25, 0.3) is 21.7 Å². The van der Waals surface area contributed by atoms with Crippen LogP contribution in [0.15, 0.2) is 40.4 Å². The molecule has 4 aromatic rings. The Morgan fingerprint density at radius 3 is 2.61 bits per heavy atom. The van der Waals surface area contributed by atoms with Crippen LogP contribution in [-0.2, 0) is 6.42 Å². The summed E-state index contributed by atoms with van der Waals surface area (Å²) in [5.41, 5.74) is 0.713. The maximum atomic E-state index is 13.5. The molecule has 31 heavy (non-hydrogen) atoms. The van der Waals surface area contributed by atoms with Gasteiger partial charge in [-0.3, -0.25) is 9.88 Å². The van der Waals surface area contributed by atoms with Gasteiger partial charge in [-0.25, -0.2) is 13.8 Å². The first-order valence-electron chi connectivity index (χ1n) is 10.1. The van der Waals surface area contributed by atoms with Crippen LogP contribution in [0.3, 0.4) is 0 Å². The molecule has 4 heterocycles. The van der Waals surface area contributed by atoms with Crippen LogP contribution in [-0.4, -0.2) is 57.7 Å². The minimum atomic E-state index is -0.911. The van der Waals surface area contributed by atoms with Crippen molar-refractivity contribution in [1.29, 1.82) is 0 Å². The maximum absolute atomic E-state index is 13.5. The number of hydrogen-bond acceptors (Lipinski definition) is 8. The second kappa shape index (κ2) is 8.64. The van der Waals surface area contributed by atoms with E-state index in [1.165, 1.54) is 0 Å². The predicted octanol–water partition coefficient (Wildman–Crippen LogP) is 3.77. The first-order valence-corrected chi connectivity index (χ1v) is 11.0. The highest BCUT2D eigenvalue weighted by Gasteiger charge is 2.19. The summed E-state index contributed by atoms with van der Waals surface area (Å²) >= 11 is 1.59. The van der Waals surface area contributed by atoms with Gasteiger partial charge in [0.25, 0.3) is 0 Å². The highest BCUT2D eigenvalue weighted by atomic mass is 32.1. The number of fused-ring (bicyclic) bond motifs is 1. The molecular weight excluding hydrogens is 422 g/mol. The summed E-state index contributed by atoms with van der Waals surface area (Å²) in [6, 6.07) is 6.12. The summed E-state index contributed by atoms with van der Waals surface area (Å²) in [4.78, 5) is 18.7. The van der Waals surface area contributed by atoms with Crippen molar-refractivity contribution < 1.29 is 13.3 Å². The van der Waals surface area contributed by atoms with E-state index in [0.29, 0.717) is 28.6 Å². The fraction of sp³-hybridized carbons (Fsp3) is 0.333. The molecule has 0 spiro atoms. The third-order valence-corrected chi connectivity index (χ3v) is 6.21. The molecule has 0 saturated carbocycles. The zero-order valence-electron chi connectivity index (χ0n) is 16.7. The Balaban J connectivity index is 1.12. The SMILES string of the molecule is Fc1cc2ncc(N3CCN(CCCc4nc(-c5cccs5)no4)CC3)nc2cc1F. The summed E-state index contributed by atoms with van der Waals surface area (Å²) in [6.07, 6.45) is 3.31. The number of anilines is 1. The molecule has 7 nitrogen and oxygen atoms in total. The molecular formula is C21H20F2N6OS. The number of piperazine rings is 1. The van der Waals surface area contributed by atoms with Gasteiger partial charge in [0.05, 0.1) is 22.1 Å². The van der Waals surface area contributed by atoms with Gasteiger partial charge in [0.2, 0.25) is 11.7 Å². The standard InChI is InChI=1S/C21H20F2N6OS/c22-14-11-16-17(12-15(14)23)25-19(13-24-16)29-8-6-28(7-9-29)5-1-4-20-26-21(27-30-20)18-3-2-10-31-18/h2-3,10-13H,1,4-9H2. The van der Waals surface area contributed by atoms with Crippen molar-refractivity contribution in [2.75, 3.05) is 37.6 Å². The van der Waals surface area contributed by atoms with E-state index in [0.717, 1.165) is 62.6 Å². The summed E-state index contributed by atoms with van der Waals surface area (Å²) in [5, 5.41) is 6.04. The minimum Gasteiger partial charge on any atom is -0.353 e. The minimum absolute atomic E-state index is 0.351. The quantitative estimate of drug-likeness (QED) is 0.450. The highest BCUT2D eigenvalue weighted by Crippen LogP contribution is 2.22. The number of aryl methyl sites for hydroxylation is 1. The van der Waals surface area contributed by atoms with Crippen LogP contribution in [0.2, 0.25) is 0 Å². The van der Waals surface area contributed by atoms with Crippen molar-refractivity contribution in [2.45, 2.75) is 12.8 Å². The van der Waals surface area contributed by atoms with Crippen molar-refractivity contribution >= 4 is 28.2 Å². The van der Waals surface area contributed by atoms with Gasteiger partial charge < -0.3 is 9.42 Å². The highest BCUT2D eigenvalue weighted by molar-refractivity contribution is 7.13. The molecule has 1 aliphatic rings. The van der Waals surface area contributed by atoms with Gasteiger partial charge in [-0.2, -0.15) is 4.98 Å². The van der Waals surface area contributed by atoms with Crippen molar-refractivity contribution in [3.8, 4) is 10.7 Å². The Hall–Kier alpha value is -2.98. The molecule has 1 aromatic carbocycles. The second-order valence-electron chi connectivity index (χ2n) is 7.40. The van der Waals surface area contributed by atoms with E-state index in [-0.39, 0.29) is 0 Å². The van der Waals surface area contributed by atoms with Gasteiger partial charge in [-0.05, 0) is 24.4 Å². The molecule has 0 atom stereocenters. The summed E-state index contributed by atoms with van der Waals surface area (Å²) in [5.74, 6) is 0.180. The van der Waals surface area contributed by atoms with Gasteiger partial charge in [-0.15, -0.1) is 11.3 Å². The van der Waals surface area contributed by atoms with Crippen LogP contribution in [0.5, 0.6) is 0 Å². The molecule has 1 saturated heterocycles. The molecule has 160 valence electrons. The molecule has 10 heteroatoms.